The lowest BCUT2D eigenvalue weighted by Gasteiger charge is -2.11. The third-order valence-corrected chi connectivity index (χ3v) is 4.54. The first-order valence-electron chi connectivity index (χ1n) is 8.04. The lowest BCUT2D eigenvalue weighted by Crippen LogP contribution is -2.17. The number of para-hydroxylation sites is 1. The standard InChI is InChI=1S/C20H18N2O3S/c21-19(23)12-14-5-1-2-9-18(14)22-20(24)15-6-3-7-16(11-15)25-13-17-8-4-10-26-17/h1-11H,12-13H2,(H2,21,23)(H,22,24). The van der Waals surface area contributed by atoms with E-state index in [1.54, 1.807) is 53.8 Å². The van der Waals surface area contributed by atoms with Gasteiger partial charge in [-0.3, -0.25) is 9.59 Å². The molecule has 0 unspecified atom stereocenters. The maximum absolute atomic E-state index is 12.6. The van der Waals surface area contributed by atoms with E-state index in [-0.39, 0.29) is 12.3 Å². The van der Waals surface area contributed by atoms with Gasteiger partial charge in [-0.2, -0.15) is 0 Å². The molecule has 2 aromatic carbocycles. The van der Waals surface area contributed by atoms with E-state index >= 15 is 0 Å². The molecule has 0 radical (unpaired) electrons. The van der Waals surface area contributed by atoms with Crippen LogP contribution in [0.2, 0.25) is 0 Å². The number of amides is 2. The molecule has 0 saturated heterocycles. The number of rotatable bonds is 7. The number of ether oxygens (including phenoxy) is 1. The average molecular weight is 366 g/mol. The highest BCUT2D eigenvalue weighted by molar-refractivity contribution is 7.09. The monoisotopic (exact) mass is 366 g/mol. The van der Waals surface area contributed by atoms with E-state index in [9.17, 15) is 9.59 Å². The van der Waals surface area contributed by atoms with Crippen molar-refractivity contribution < 1.29 is 14.3 Å². The Kier molecular flexibility index (Phi) is 5.66. The molecule has 1 heterocycles. The summed E-state index contributed by atoms with van der Waals surface area (Å²) in [5, 5.41) is 4.82. The Morgan fingerprint density at radius 2 is 1.88 bits per heavy atom. The van der Waals surface area contributed by atoms with Gasteiger partial charge in [0.05, 0.1) is 6.42 Å². The molecule has 0 spiro atoms. The summed E-state index contributed by atoms with van der Waals surface area (Å²) in [6.45, 7) is 0.462. The van der Waals surface area contributed by atoms with E-state index in [1.165, 1.54) is 0 Å². The number of nitrogens with two attached hydrogens (primary N) is 1. The van der Waals surface area contributed by atoms with Gasteiger partial charge in [0.25, 0.3) is 5.91 Å². The summed E-state index contributed by atoms with van der Waals surface area (Å²) >= 11 is 1.62. The van der Waals surface area contributed by atoms with Crippen molar-refractivity contribution in [2.45, 2.75) is 13.0 Å². The summed E-state index contributed by atoms with van der Waals surface area (Å²) in [4.78, 5) is 24.9. The number of benzene rings is 2. The maximum atomic E-state index is 12.6. The minimum absolute atomic E-state index is 0.0699. The van der Waals surface area contributed by atoms with Gasteiger partial charge in [0.2, 0.25) is 5.91 Å². The van der Waals surface area contributed by atoms with Gasteiger partial charge in [-0.15, -0.1) is 11.3 Å². The molecule has 0 atom stereocenters. The molecule has 3 N–H and O–H groups in total. The van der Waals surface area contributed by atoms with Crippen molar-refractivity contribution in [3.8, 4) is 5.75 Å². The summed E-state index contributed by atoms with van der Waals surface area (Å²) in [5.41, 5.74) is 6.99. The molecule has 0 fully saturated rings. The van der Waals surface area contributed by atoms with Crippen molar-refractivity contribution in [3.05, 3.63) is 82.0 Å². The van der Waals surface area contributed by atoms with Crippen LogP contribution in [0.1, 0.15) is 20.8 Å². The zero-order chi connectivity index (χ0) is 18.4. The van der Waals surface area contributed by atoms with Gasteiger partial charge >= 0.3 is 0 Å². The third-order valence-electron chi connectivity index (χ3n) is 3.69. The molecule has 2 amide bonds. The Balaban J connectivity index is 1.70. The lowest BCUT2D eigenvalue weighted by atomic mass is 10.1. The lowest BCUT2D eigenvalue weighted by molar-refractivity contribution is -0.117. The summed E-state index contributed by atoms with van der Waals surface area (Å²) in [7, 11) is 0. The number of carbonyl (C=O) groups is 2. The number of primary amides is 1. The van der Waals surface area contributed by atoms with Crippen molar-refractivity contribution in [1.29, 1.82) is 0 Å². The predicted molar refractivity (Wildman–Crippen MR) is 102 cm³/mol. The summed E-state index contributed by atoms with van der Waals surface area (Å²) < 4.78 is 5.74. The molecule has 0 aliphatic heterocycles. The van der Waals surface area contributed by atoms with Crippen LogP contribution >= 0.6 is 11.3 Å². The SMILES string of the molecule is NC(=O)Cc1ccccc1NC(=O)c1cccc(OCc2cccs2)c1. The van der Waals surface area contributed by atoms with Crippen LogP contribution in [-0.4, -0.2) is 11.8 Å². The van der Waals surface area contributed by atoms with Crippen LogP contribution in [0.3, 0.4) is 0 Å². The molecule has 3 aromatic rings. The Morgan fingerprint density at radius 1 is 1.04 bits per heavy atom. The van der Waals surface area contributed by atoms with Gasteiger partial charge in [0, 0.05) is 16.1 Å². The van der Waals surface area contributed by atoms with E-state index in [0.29, 0.717) is 29.2 Å². The van der Waals surface area contributed by atoms with Crippen molar-refractivity contribution >= 4 is 28.8 Å². The molecular weight excluding hydrogens is 348 g/mol. The summed E-state index contributed by atoms with van der Waals surface area (Å²) in [6, 6.07) is 18.1. The Labute approximate surface area is 155 Å². The maximum Gasteiger partial charge on any atom is 0.255 e. The van der Waals surface area contributed by atoms with E-state index in [4.69, 9.17) is 10.5 Å². The largest absolute Gasteiger partial charge is 0.488 e. The molecule has 26 heavy (non-hydrogen) atoms. The Bertz CT molecular complexity index is 907. The van der Waals surface area contributed by atoms with E-state index in [1.807, 2.05) is 23.6 Å². The van der Waals surface area contributed by atoms with Crippen LogP contribution in [0.15, 0.2) is 66.0 Å². The van der Waals surface area contributed by atoms with Crippen LogP contribution in [0.4, 0.5) is 5.69 Å². The van der Waals surface area contributed by atoms with Gasteiger partial charge in [-0.25, -0.2) is 0 Å². The second-order valence-corrected chi connectivity index (χ2v) is 6.68. The normalized spacial score (nSPS) is 10.3. The van der Waals surface area contributed by atoms with E-state index < -0.39 is 5.91 Å². The van der Waals surface area contributed by atoms with Gasteiger partial charge in [-0.05, 0) is 41.3 Å². The van der Waals surface area contributed by atoms with Crippen molar-refractivity contribution in [2.24, 2.45) is 5.73 Å². The number of anilines is 1. The van der Waals surface area contributed by atoms with Gasteiger partial charge in [0.15, 0.2) is 0 Å². The Hall–Kier alpha value is -3.12. The zero-order valence-corrected chi connectivity index (χ0v) is 14.8. The van der Waals surface area contributed by atoms with Gasteiger partial charge in [0.1, 0.15) is 12.4 Å². The molecule has 0 aliphatic rings. The molecule has 5 nitrogen and oxygen atoms in total. The minimum atomic E-state index is -0.448. The number of hydrogen-bond donors (Lipinski definition) is 2. The number of carbonyl (C=O) groups excluding carboxylic acids is 2. The molecule has 0 bridgehead atoms. The molecule has 0 saturated carbocycles. The van der Waals surface area contributed by atoms with Crippen molar-refractivity contribution in [1.82, 2.24) is 0 Å². The van der Waals surface area contributed by atoms with Crippen LogP contribution in [0, 0.1) is 0 Å². The van der Waals surface area contributed by atoms with E-state index in [2.05, 4.69) is 5.32 Å². The summed E-state index contributed by atoms with van der Waals surface area (Å²) in [6.07, 6.45) is 0.0699. The molecule has 0 aliphatic carbocycles. The molecule has 3 rings (SSSR count). The number of nitrogens with one attached hydrogen (secondary N) is 1. The van der Waals surface area contributed by atoms with Crippen LogP contribution in [0.25, 0.3) is 0 Å². The first-order valence-corrected chi connectivity index (χ1v) is 8.92. The minimum Gasteiger partial charge on any atom is -0.488 e. The van der Waals surface area contributed by atoms with Gasteiger partial charge < -0.3 is 15.8 Å². The second-order valence-electron chi connectivity index (χ2n) is 5.65. The van der Waals surface area contributed by atoms with Crippen molar-refractivity contribution in [2.75, 3.05) is 5.32 Å². The molecular formula is C20H18N2O3S. The van der Waals surface area contributed by atoms with Gasteiger partial charge in [-0.1, -0.05) is 30.3 Å². The fourth-order valence-electron chi connectivity index (χ4n) is 2.45. The first kappa shape index (κ1) is 17.7. The average Bonchev–Trinajstić information content (AvgIpc) is 3.15. The smallest absolute Gasteiger partial charge is 0.255 e. The van der Waals surface area contributed by atoms with Crippen LogP contribution < -0.4 is 15.8 Å². The third kappa shape index (κ3) is 4.70. The highest BCUT2D eigenvalue weighted by Crippen LogP contribution is 2.20. The highest BCUT2D eigenvalue weighted by atomic mass is 32.1. The first-order chi connectivity index (χ1) is 12.6. The molecule has 132 valence electrons. The highest BCUT2D eigenvalue weighted by Gasteiger charge is 2.11. The molecule has 6 heteroatoms. The fraction of sp³-hybridized carbons (Fsp3) is 0.100. The van der Waals surface area contributed by atoms with Crippen LogP contribution in [-0.2, 0) is 17.8 Å². The Morgan fingerprint density at radius 3 is 2.65 bits per heavy atom. The number of hydrogen-bond acceptors (Lipinski definition) is 4. The summed E-state index contributed by atoms with van der Waals surface area (Å²) in [5.74, 6) is -0.101. The molecule has 1 aromatic heterocycles. The fourth-order valence-corrected chi connectivity index (χ4v) is 3.07. The predicted octanol–water partition coefficient (Wildman–Crippen LogP) is 3.61. The number of thiophene rings is 1. The second kappa shape index (κ2) is 8.31. The van der Waals surface area contributed by atoms with E-state index in [0.717, 1.165) is 4.88 Å². The zero-order valence-electron chi connectivity index (χ0n) is 14.0. The van der Waals surface area contributed by atoms with Crippen molar-refractivity contribution in [3.63, 3.8) is 0 Å². The topological polar surface area (TPSA) is 81.4 Å². The van der Waals surface area contributed by atoms with Crippen LogP contribution in [0.5, 0.6) is 5.75 Å². The quantitative estimate of drug-likeness (QED) is 0.670.